The molecule has 3 heterocycles. The Morgan fingerprint density at radius 2 is 2.05 bits per heavy atom. The van der Waals surface area contributed by atoms with Gasteiger partial charge >= 0.3 is 0 Å². The SMILES string of the molecule is Cc1nnc2c(N3CC(NC(=O)C(C)(C)C)C3)nccn12. The van der Waals surface area contributed by atoms with Crippen molar-refractivity contribution in [3.8, 4) is 0 Å². The van der Waals surface area contributed by atoms with Crippen molar-refractivity contribution in [2.75, 3.05) is 18.0 Å². The van der Waals surface area contributed by atoms with Crippen LogP contribution in [-0.4, -0.2) is 44.6 Å². The average Bonchev–Trinajstić information content (AvgIpc) is 2.74. The normalized spacial score (nSPS) is 16.1. The van der Waals surface area contributed by atoms with Crippen LogP contribution in [0.2, 0.25) is 0 Å². The van der Waals surface area contributed by atoms with E-state index in [1.165, 1.54) is 0 Å². The monoisotopic (exact) mass is 288 g/mol. The van der Waals surface area contributed by atoms with Gasteiger partial charge in [0.05, 0.1) is 6.04 Å². The van der Waals surface area contributed by atoms with E-state index in [4.69, 9.17) is 0 Å². The molecule has 0 spiro atoms. The molecule has 1 N–H and O–H groups in total. The Kier molecular flexibility index (Phi) is 3.07. The highest BCUT2D eigenvalue weighted by Gasteiger charge is 2.33. The summed E-state index contributed by atoms with van der Waals surface area (Å²) in [5.41, 5.74) is 0.401. The van der Waals surface area contributed by atoms with Crippen LogP contribution in [0, 0.1) is 12.3 Å². The first-order valence-corrected chi connectivity index (χ1v) is 7.08. The van der Waals surface area contributed by atoms with Gasteiger partial charge in [-0.2, -0.15) is 0 Å². The van der Waals surface area contributed by atoms with Crippen LogP contribution >= 0.6 is 0 Å². The van der Waals surface area contributed by atoms with Gasteiger partial charge in [-0.25, -0.2) is 4.98 Å². The first kappa shape index (κ1) is 13.8. The van der Waals surface area contributed by atoms with Crippen LogP contribution in [0.1, 0.15) is 26.6 Å². The maximum atomic E-state index is 12.0. The number of nitrogens with one attached hydrogen (secondary N) is 1. The highest BCUT2D eigenvalue weighted by atomic mass is 16.2. The van der Waals surface area contributed by atoms with Gasteiger partial charge in [0.1, 0.15) is 5.82 Å². The van der Waals surface area contributed by atoms with Crippen molar-refractivity contribution >= 4 is 17.4 Å². The van der Waals surface area contributed by atoms with E-state index in [9.17, 15) is 4.79 Å². The Hall–Kier alpha value is -2.18. The fraction of sp³-hybridized carbons (Fsp3) is 0.571. The Balaban J connectivity index is 1.70. The molecule has 112 valence electrons. The van der Waals surface area contributed by atoms with Crippen molar-refractivity contribution in [2.45, 2.75) is 33.7 Å². The zero-order valence-corrected chi connectivity index (χ0v) is 12.8. The number of aryl methyl sites for hydroxylation is 1. The van der Waals surface area contributed by atoms with Crippen LogP contribution in [0.15, 0.2) is 12.4 Å². The Morgan fingerprint density at radius 3 is 2.71 bits per heavy atom. The van der Waals surface area contributed by atoms with Crippen molar-refractivity contribution in [1.29, 1.82) is 0 Å². The summed E-state index contributed by atoms with van der Waals surface area (Å²) in [7, 11) is 0. The number of aromatic nitrogens is 4. The molecule has 3 rings (SSSR count). The molecule has 0 bridgehead atoms. The molecule has 1 saturated heterocycles. The van der Waals surface area contributed by atoms with E-state index in [1.807, 2.05) is 38.3 Å². The lowest BCUT2D eigenvalue weighted by molar-refractivity contribution is -0.129. The van der Waals surface area contributed by atoms with Crippen LogP contribution in [0.5, 0.6) is 0 Å². The molecular formula is C14H20N6O. The molecule has 1 aliphatic heterocycles. The van der Waals surface area contributed by atoms with E-state index in [-0.39, 0.29) is 17.4 Å². The number of fused-ring (bicyclic) bond motifs is 1. The lowest BCUT2D eigenvalue weighted by atomic mass is 9.94. The molecule has 1 amide bonds. The summed E-state index contributed by atoms with van der Waals surface area (Å²) < 4.78 is 1.92. The zero-order valence-electron chi connectivity index (χ0n) is 12.8. The molecule has 1 fully saturated rings. The Morgan fingerprint density at radius 1 is 1.33 bits per heavy atom. The lowest BCUT2D eigenvalue weighted by Gasteiger charge is -2.41. The zero-order chi connectivity index (χ0) is 15.2. The molecule has 7 heteroatoms. The molecule has 0 aromatic carbocycles. The van der Waals surface area contributed by atoms with Crippen LogP contribution in [0.4, 0.5) is 5.82 Å². The van der Waals surface area contributed by atoms with E-state index in [0.29, 0.717) is 0 Å². The predicted octanol–water partition coefficient (Wildman–Crippen LogP) is 0.784. The van der Waals surface area contributed by atoms with E-state index in [0.717, 1.165) is 30.4 Å². The molecule has 0 unspecified atom stereocenters. The molecule has 0 radical (unpaired) electrons. The number of hydrogen-bond donors (Lipinski definition) is 1. The minimum atomic E-state index is -0.358. The van der Waals surface area contributed by atoms with Gasteiger partial charge in [0.15, 0.2) is 5.82 Å². The second-order valence-electron chi connectivity index (χ2n) is 6.52. The fourth-order valence-corrected chi connectivity index (χ4v) is 2.30. The summed E-state index contributed by atoms with van der Waals surface area (Å²) in [4.78, 5) is 18.5. The van der Waals surface area contributed by atoms with Gasteiger partial charge in [-0.1, -0.05) is 20.8 Å². The third-order valence-electron chi connectivity index (χ3n) is 3.68. The maximum absolute atomic E-state index is 12.0. The number of anilines is 1. The molecule has 2 aromatic heterocycles. The summed E-state index contributed by atoms with van der Waals surface area (Å²) in [6.45, 7) is 9.16. The van der Waals surface area contributed by atoms with E-state index in [2.05, 4.69) is 25.4 Å². The summed E-state index contributed by atoms with van der Waals surface area (Å²) >= 11 is 0. The highest BCUT2D eigenvalue weighted by molar-refractivity contribution is 5.82. The standard InChI is InChI=1S/C14H20N6O/c1-9-17-18-12-11(15-5-6-20(9)12)19-7-10(8-19)16-13(21)14(2,3)4/h5-6,10H,7-8H2,1-4H3,(H,16,21). The largest absolute Gasteiger partial charge is 0.349 e. The van der Waals surface area contributed by atoms with Crippen LogP contribution in [-0.2, 0) is 4.79 Å². The van der Waals surface area contributed by atoms with Gasteiger partial charge in [-0.3, -0.25) is 9.20 Å². The van der Waals surface area contributed by atoms with Gasteiger partial charge in [-0.15, -0.1) is 10.2 Å². The summed E-state index contributed by atoms with van der Waals surface area (Å²) in [6.07, 6.45) is 3.60. The topological polar surface area (TPSA) is 75.4 Å². The number of nitrogens with zero attached hydrogens (tertiary/aromatic N) is 5. The maximum Gasteiger partial charge on any atom is 0.225 e. The highest BCUT2D eigenvalue weighted by Crippen LogP contribution is 2.23. The van der Waals surface area contributed by atoms with Gasteiger partial charge < -0.3 is 10.2 Å². The molecule has 2 aromatic rings. The van der Waals surface area contributed by atoms with Gasteiger partial charge in [-0.05, 0) is 6.92 Å². The minimum Gasteiger partial charge on any atom is -0.349 e. The smallest absolute Gasteiger partial charge is 0.225 e. The van der Waals surface area contributed by atoms with E-state index in [1.54, 1.807) is 6.20 Å². The Bertz CT molecular complexity index is 680. The molecule has 21 heavy (non-hydrogen) atoms. The van der Waals surface area contributed by atoms with Crippen molar-refractivity contribution in [1.82, 2.24) is 24.9 Å². The second-order valence-corrected chi connectivity index (χ2v) is 6.52. The molecular weight excluding hydrogens is 268 g/mol. The molecule has 1 aliphatic rings. The first-order chi connectivity index (χ1) is 9.86. The summed E-state index contributed by atoms with van der Waals surface area (Å²) in [5.74, 6) is 1.74. The fourth-order valence-electron chi connectivity index (χ4n) is 2.30. The van der Waals surface area contributed by atoms with Crippen molar-refractivity contribution in [2.24, 2.45) is 5.41 Å². The third-order valence-corrected chi connectivity index (χ3v) is 3.68. The molecule has 0 atom stereocenters. The van der Waals surface area contributed by atoms with Gasteiger partial charge in [0.25, 0.3) is 0 Å². The minimum absolute atomic E-state index is 0.0802. The van der Waals surface area contributed by atoms with Crippen molar-refractivity contribution in [3.63, 3.8) is 0 Å². The molecule has 0 saturated carbocycles. The van der Waals surface area contributed by atoms with Gasteiger partial charge in [0, 0.05) is 30.9 Å². The number of amides is 1. The quantitative estimate of drug-likeness (QED) is 0.884. The van der Waals surface area contributed by atoms with E-state index < -0.39 is 0 Å². The number of hydrogen-bond acceptors (Lipinski definition) is 5. The van der Waals surface area contributed by atoms with Crippen molar-refractivity contribution in [3.05, 3.63) is 18.2 Å². The molecule has 0 aliphatic carbocycles. The van der Waals surface area contributed by atoms with Crippen molar-refractivity contribution < 1.29 is 4.79 Å². The average molecular weight is 288 g/mol. The number of carbonyl (C=O) groups is 1. The van der Waals surface area contributed by atoms with Crippen LogP contribution < -0.4 is 10.2 Å². The van der Waals surface area contributed by atoms with Gasteiger partial charge in [0.2, 0.25) is 11.6 Å². The van der Waals surface area contributed by atoms with E-state index >= 15 is 0 Å². The third kappa shape index (κ3) is 2.43. The summed E-state index contributed by atoms with van der Waals surface area (Å²) in [6, 6.07) is 0.169. The lowest BCUT2D eigenvalue weighted by Crippen LogP contribution is -2.61. The van der Waals surface area contributed by atoms with Crippen LogP contribution in [0.3, 0.4) is 0 Å². The summed E-state index contributed by atoms with van der Waals surface area (Å²) in [5, 5.41) is 11.3. The second kappa shape index (κ2) is 4.68. The first-order valence-electron chi connectivity index (χ1n) is 7.08. The predicted molar refractivity (Wildman–Crippen MR) is 79.1 cm³/mol. The number of carbonyl (C=O) groups excluding carboxylic acids is 1. The number of rotatable bonds is 2. The van der Waals surface area contributed by atoms with Crippen LogP contribution in [0.25, 0.3) is 5.65 Å². The molecule has 7 nitrogen and oxygen atoms in total. The Labute approximate surface area is 123 Å².